The molecule has 0 aromatic heterocycles. The van der Waals surface area contributed by atoms with E-state index in [0.29, 0.717) is 22.1 Å². The number of rotatable bonds is 7. The number of carbonyl (C=O) groups excluding carboxylic acids is 1. The van der Waals surface area contributed by atoms with Gasteiger partial charge in [0.05, 0.1) is 18.2 Å². The first kappa shape index (κ1) is 23.0. The average Bonchev–Trinajstić information content (AvgIpc) is 2.72. The number of alkyl halides is 3. The van der Waals surface area contributed by atoms with Crippen LogP contribution in [-0.4, -0.2) is 28.3 Å². The highest BCUT2D eigenvalue weighted by Gasteiger charge is 2.30. The van der Waals surface area contributed by atoms with Crippen LogP contribution in [0.4, 0.5) is 13.2 Å². The van der Waals surface area contributed by atoms with Gasteiger partial charge in [-0.15, -0.1) is 0 Å². The third-order valence-electron chi connectivity index (χ3n) is 4.33. The van der Waals surface area contributed by atoms with Crippen molar-refractivity contribution in [3.63, 3.8) is 0 Å². The first-order chi connectivity index (χ1) is 14.6. The van der Waals surface area contributed by atoms with Gasteiger partial charge in [-0.2, -0.15) is 13.2 Å². The van der Waals surface area contributed by atoms with Gasteiger partial charge in [0.15, 0.2) is 0 Å². The molecule has 3 aromatic rings. The molecule has 0 fully saturated rings. The first-order valence-corrected chi connectivity index (χ1v) is 10.3. The Morgan fingerprint density at radius 3 is 2.45 bits per heavy atom. The Hall–Kier alpha value is -2.71. The van der Waals surface area contributed by atoms with Crippen LogP contribution in [0.3, 0.4) is 0 Å². The number of nitrogens with one attached hydrogen (secondary N) is 1. The van der Waals surface area contributed by atoms with Gasteiger partial charge < -0.3 is 24.4 Å². The summed E-state index contributed by atoms with van der Waals surface area (Å²) in [5.41, 5.74) is -0.385. The van der Waals surface area contributed by atoms with Gasteiger partial charge in [0.2, 0.25) is 0 Å². The van der Waals surface area contributed by atoms with Crippen LogP contribution in [-0.2, 0) is 10.7 Å². The van der Waals surface area contributed by atoms with Crippen molar-refractivity contribution >= 4 is 25.3 Å². The molecular formula is C21H19F3NO5P. The largest absolute Gasteiger partial charge is 0.457 e. The fraction of sp³-hybridized carbons (Fsp3) is 0.190. The fourth-order valence-electron chi connectivity index (χ4n) is 2.85. The van der Waals surface area contributed by atoms with E-state index in [2.05, 4.69) is 5.32 Å². The van der Waals surface area contributed by atoms with Crippen LogP contribution in [0, 0.1) is 0 Å². The number of fused-ring (bicyclic) bond motifs is 1. The monoisotopic (exact) mass is 453 g/mol. The summed E-state index contributed by atoms with van der Waals surface area (Å²) in [4.78, 5) is 30.0. The molecule has 0 heterocycles. The number of halogens is 3. The first-order valence-electron chi connectivity index (χ1n) is 9.13. The van der Waals surface area contributed by atoms with E-state index in [1.807, 2.05) is 0 Å². The third-order valence-corrected chi connectivity index (χ3v) is 4.71. The smallest absolute Gasteiger partial charge is 0.416 e. The topological polar surface area (TPSA) is 88.0 Å². The summed E-state index contributed by atoms with van der Waals surface area (Å²) in [6, 6.07) is 14.1. The zero-order valence-corrected chi connectivity index (χ0v) is 17.2. The SMILES string of the molecule is C[C@H](COP(O)O)NC(=O)c1ccc2c(Oc3ccc(C(F)(F)F)cc3)cccc2c1. The van der Waals surface area contributed by atoms with Crippen LogP contribution in [0.25, 0.3) is 10.8 Å². The number of amides is 1. The molecule has 164 valence electrons. The minimum Gasteiger partial charge on any atom is -0.457 e. The maximum atomic E-state index is 12.7. The highest BCUT2D eigenvalue weighted by Crippen LogP contribution is 2.33. The zero-order valence-electron chi connectivity index (χ0n) is 16.3. The Kier molecular flexibility index (Phi) is 7.12. The van der Waals surface area contributed by atoms with Crippen molar-refractivity contribution in [2.45, 2.75) is 19.1 Å². The van der Waals surface area contributed by atoms with Gasteiger partial charge in [-0.3, -0.25) is 4.79 Å². The Balaban J connectivity index is 1.76. The lowest BCUT2D eigenvalue weighted by Gasteiger charge is -2.15. The zero-order chi connectivity index (χ0) is 22.6. The van der Waals surface area contributed by atoms with E-state index in [0.717, 1.165) is 12.1 Å². The van der Waals surface area contributed by atoms with Crippen molar-refractivity contribution in [1.82, 2.24) is 5.32 Å². The second-order valence-electron chi connectivity index (χ2n) is 6.74. The molecule has 0 bridgehead atoms. The van der Waals surface area contributed by atoms with Gasteiger partial charge in [-0.05, 0) is 60.8 Å². The number of ether oxygens (including phenoxy) is 1. The van der Waals surface area contributed by atoms with Gasteiger partial charge in [-0.25, -0.2) is 0 Å². The molecule has 3 N–H and O–H groups in total. The lowest BCUT2D eigenvalue weighted by molar-refractivity contribution is -0.137. The highest BCUT2D eigenvalue weighted by atomic mass is 31.2. The number of benzene rings is 3. The van der Waals surface area contributed by atoms with Crippen molar-refractivity contribution in [3.05, 3.63) is 71.8 Å². The van der Waals surface area contributed by atoms with E-state index < -0.39 is 26.4 Å². The maximum Gasteiger partial charge on any atom is 0.416 e. The molecule has 0 unspecified atom stereocenters. The van der Waals surface area contributed by atoms with Crippen molar-refractivity contribution in [3.8, 4) is 11.5 Å². The predicted molar refractivity (Wildman–Crippen MR) is 110 cm³/mol. The summed E-state index contributed by atoms with van der Waals surface area (Å²) in [5.74, 6) is 0.321. The summed E-state index contributed by atoms with van der Waals surface area (Å²) in [5, 5.41) is 4.08. The number of carbonyl (C=O) groups is 1. The van der Waals surface area contributed by atoms with Crippen LogP contribution in [0.1, 0.15) is 22.8 Å². The van der Waals surface area contributed by atoms with Crippen molar-refractivity contribution in [2.75, 3.05) is 6.61 Å². The minimum absolute atomic E-state index is 0.0524. The third kappa shape index (κ3) is 6.15. The van der Waals surface area contributed by atoms with Gasteiger partial charge in [-0.1, -0.05) is 12.1 Å². The molecule has 0 aliphatic heterocycles. The molecule has 3 rings (SSSR count). The summed E-state index contributed by atoms with van der Waals surface area (Å²) in [6.45, 7) is 1.61. The summed E-state index contributed by atoms with van der Waals surface area (Å²) >= 11 is 0. The summed E-state index contributed by atoms with van der Waals surface area (Å²) in [7, 11) is -2.49. The van der Waals surface area contributed by atoms with E-state index >= 15 is 0 Å². The van der Waals surface area contributed by atoms with Crippen LogP contribution < -0.4 is 10.1 Å². The Bertz CT molecular complexity index is 1060. The minimum atomic E-state index is -4.42. The van der Waals surface area contributed by atoms with Crippen LogP contribution in [0.2, 0.25) is 0 Å². The molecule has 1 atom stereocenters. The van der Waals surface area contributed by atoms with Gasteiger partial charge in [0, 0.05) is 10.9 Å². The normalized spacial score (nSPS) is 12.7. The second kappa shape index (κ2) is 9.62. The molecule has 31 heavy (non-hydrogen) atoms. The Labute approximate surface area is 177 Å². The molecule has 3 aromatic carbocycles. The molecule has 0 radical (unpaired) electrons. The Morgan fingerprint density at radius 1 is 1.10 bits per heavy atom. The molecule has 6 nitrogen and oxygen atoms in total. The molecule has 0 aliphatic rings. The van der Waals surface area contributed by atoms with E-state index in [1.54, 1.807) is 43.3 Å². The lowest BCUT2D eigenvalue weighted by Crippen LogP contribution is -2.35. The lowest BCUT2D eigenvalue weighted by atomic mass is 10.1. The van der Waals surface area contributed by atoms with Gasteiger partial charge >= 0.3 is 14.8 Å². The molecule has 0 saturated carbocycles. The molecule has 0 saturated heterocycles. The Morgan fingerprint density at radius 2 is 1.81 bits per heavy atom. The van der Waals surface area contributed by atoms with Gasteiger partial charge in [0.25, 0.3) is 5.91 Å². The highest BCUT2D eigenvalue weighted by molar-refractivity contribution is 7.39. The molecule has 1 amide bonds. The van der Waals surface area contributed by atoms with Crippen molar-refractivity contribution in [1.29, 1.82) is 0 Å². The molecule has 10 heteroatoms. The summed E-state index contributed by atoms with van der Waals surface area (Å²) < 4.78 is 48.6. The second-order valence-corrected chi connectivity index (χ2v) is 7.50. The van der Waals surface area contributed by atoms with E-state index in [9.17, 15) is 18.0 Å². The maximum absolute atomic E-state index is 12.7. The number of hydrogen-bond donors (Lipinski definition) is 3. The van der Waals surface area contributed by atoms with Crippen LogP contribution in [0.5, 0.6) is 11.5 Å². The van der Waals surface area contributed by atoms with Gasteiger partial charge in [0.1, 0.15) is 11.5 Å². The van der Waals surface area contributed by atoms with E-state index in [1.165, 1.54) is 12.1 Å². The average molecular weight is 453 g/mol. The van der Waals surface area contributed by atoms with E-state index in [-0.39, 0.29) is 18.3 Å². The fourth-order valence-corrected chi connectivity index (χ4v) is 3.21. The molecule has 0 spiro atoms. The van der Waals surface area contributed by atoms with Crippen LogP contribution >= 0.6 is 8.60 Å². The van der Waals surface area contributed by atoms with Crippen molar-refractivity contribution in [2.24, 2.45) is 0 Å². The number of hydrogen-bond acceptors (Lipinski definition) is 5. The molecular weight excluding hydrogens is 434 g/mol. The van der Waals surface area contributed by atoms with Crippen molar-refractivity contribution < 1.29 is 37.0 Å². The quantitative estimate of drug-likeness (QED) is 0.439. The van der Waals surface area contributed by atoms with E-state index in [4.69, 9.17) is 19.0 Å². The van der Waals surface area contributed by atoms with Crippen LogP contribution in [0.15, 0.2) is 60.7 Å². The summed E-state index contributed by atoms with van der Waals surface area (Å²) in [6.07, 6.45) is -4.42. The molecule has 0 aliphatic carbocycles. The predicted octanol–water partition coefficient (Wildman–Crippen LogP) is 5.00. The standard InChI is InChI=1S/C21H19F3NO5P/c1-13(12-29-31(27)28)25-20(26)15-5-10-18-14(11-15)3-2-4-19(18)30-17-8-6-16(7-9-17)21(22,23)24/h2-11,13,27-28H,12H2,1H3,(H,25,26)/t13-/m1/s1.